The minimum atomic E-state index is -3.51. The molecule has 0 bridgehead atoms. The summed E-state index contributed by atoms with van der Waals surface area (Å²) < 4.78 is 42.3. The monoisotopic (exact) mass is 426 g/mol. The number of sulfone groups is 1. The smallest absolute Gasteiger partial charge is 0.180 e. The number of aromatic nitrogens is 3. The highest BCUT2D eigenvalue weighted by Crippen LogP contribution is 2.30. The number of halogens is 1. The largest absolute Gasteiger partial charge is 0.281 e. The van der Waals surface area contributed by atoms with Crippen molar-refractivity contribution in [3.05, 3.63) is 71.1 Å². The van der Waals surface area contributed by atoms with Gasteiger partial charge in [0.25, 0.3) is 0 Å². The molecule has 0 unspecified atom stereocenters. The fourth-order valence-electron chi connectivity index (χ4n) is 3.59. The third-order valence-corrected chi connectivity index (χ3v) is 7.34. The van der Waals surface area contributed by atoms with E-state index in [0.29, 0.717) is 34.8 Å². The number of aliphatic imine (C=N–C) groups is 1. The van der Waals surface area contributed by atoms with Crippen LogP contribution in [0.15, 0.2) is 52.4 Å². The molecule has 6 nitrogen and oxygen atoms in total. The molecule has 0 N–H and O–H groups in total. The normalized spacial score (nSPS) is 13.6. The molecule has 2 heterocycles. The molecule has 0 radical (unpaired) electrons. The quantitative estimate of drug-likeness (QED) is 0.620. The second kappa shape index (κ2) is 7.75. The standard InChI is InChI=1S/C22H23FN4O2S/c1-4-7-20-25-26-21-13-24-22(16-8-5-6-9-18(16)23)17-12-15(30(28,29)14(2)3)10-11-19(17)27(20)21/h5-6,8-12,14H,4,7,13H2,1-3H3. The summed E-state index contributed by atoms with van der Waals surface area (Å²) in [6.07, 6.45) is 1.60. The fraction of sp³-hybridized carbons (Fsp3) is 0.318. The maximum absolute atomic E-state index is 14.7. The predicted molar refractivity (Wildman–Crippen MR) is 113 cm³/mol. The van der Waals surface area contributed by atoms with Crippen LogP contribution < -0.4 is 0 Å². The third kappa shape index (κ3) is 3.35. The lowest BCUT2D eigenvalue weighted by atomic mass is 10.00. The summed E-state index contributed by atoms with van der Waals surface area (Å²) in [6.45, 7) is 5.56. The van der Waals surface area contributed by atoms with Gasteiger partial charge in [0.15, 0.2) is 15.7 Å². The van der Waals surface area contributed by atoms with Crippen LogP contribution >= 0.6 is 0 Å². The van der Waals surface area contributed by atoms with Gasteiger partial charge in [0.1, 0.15) is 18.2 Å². The first-order chi connectivity index (χ1) is 14.3. The Labute approximate surface area is 175 Å². The van der Waals surface area contributed by atoms with Crippen molar-refractivity contribution in [1.82, 2.24) is 14.8 Å². The van der Waals surface area contributed by atoms with Gasteiger partial charge in [-0.1, -0.05) is 19.1 Å². The van der Waals surface area contributed by atoms with Crippen LogP contribution in [0, 0.1) is 5.82 Å². The Balaban J connectivity index is 2.02. The van der Waals surface area contributed by atoms with Gasteiger partial charge in [0.2, 0.25) is 0 Å². The van der Waals surface area contributed by atoms with Crippen molar-refractivity contribution in [1.29, 1.82) is 0 Å². The zero-order valence-corrected chi connectivity index (χ0v) is 17.9. The molecule has 4 rings (SSSR count). The average molecular weight is 427 g/mol. The van der Waals surface area contributed by atoms with Gasteiger partial charge in [0.05, 0.1) is 21.5 Å². The van der Waals surface area contributed by atoms with E-state index in [1.54, 1.807) is 50.2 Å². The summed E-state index contributed by atoms with van der Waals surface area (Å²) in [7, 11) is -3.51. The van der Waals surface area contributed by atoms with E-state index < -0.39 is 20.9 Å². The summed E-state index contributed by atoms with van der Waals surface area (Å²) in [5.74, 6) is 1.01. The molecule has 2 aromatic carbocycles. The van der Waals surface area contributed by atoms with Crippen LogP contribution in [0.4, 0.5) is 4.39 Å². The van der Waals surface area contributed by atoms with E-state index >= 15 is 0 Å². The van der Waals surface area contributed by atoms with Crippen molar-refractivity contribution >= 4 is 15.5 Å². The van der Waals surface area contributed by atoms with Crippen LogP contribution in [0.2, 0.25) is 0 Å². The van der Waals surface area contributed by atoms with E-state index in [1.165, 1.54) is 6.07 Å². The zero-order chi connectivity index (χ0) is 21.5. The molecule has 1 aliphatic rings. The lowest BCUT2D eigenvalue weighted by Crippen LogP contribution is -2.16. The SMILES string of the molecule is CCCc1nnc2n1-c1ccc(S(=O)(=O)C(C)C)cc1C(c1ccccc1F)=NC2. The maximum atomic E-state index is 14.7. The van der Waals surface area contributed by atoms with Crippen LogP contribution in [-0.2, 0) is 22.8 Å². The number of benzene rings is 2. The minimum absolute atomic E-state index is 0.189. The van der Waals surface area contributed by atoms with E-state index in [-0.39, 0.29) is 11.4 Å². The summed E-state index contributed by atoms with van der Waals surface area (Å²) in [5, 5.41) is 8.00. The van der Waals surface area contributed by atoms with Gasteiger partial charge in [-0.2, -0.15) is 0 Å². The molecule has 3 aromatic rings. The molecular formula is C22H23FN4O2S. The molecule has 0 saturated carbocycles. The Hall–Kier alpha value is -2.87. The van der Waals surface area contributed by atoms with Crippen molar-refractivity contribution in [3.8, 4) is 5.69 Å². The molecule has 8 heteroatoms. The molecule has 30 heavy (non-hydrogen) atoms. The Morgan fingerprint density at radius 3 is 2.57 bits per heavy atom. The van der Waals surface area contributed by atoms with E-state index in [2.05, 4.69) is 22.1 Å². The van der Waals surface area contributed by atoms with Crippen molar-refractivity contribution < 1.29 is 12.8 Å². The molecule has 0 amide bonds. The molecular weight excluding hydrogens is 403 g/mol. The van der Waals surface area contributed by atoms with Crippen LogP contribution in [0.25, 0.3) is 5.69 Å². The lowest BCUT2D eigenvalue weighted by Gasteiger charge is -2.16. The lowest BCUT2D eigenvalue weighted by molar-refractivity contribution is 0.587. The van der Waals surface area contributed by atoms with Crippen LogP contribution in [0.5, 0.6) is 0 Å². The number of nitrogens with zero attached hydrogens (tertiary/aromatic N) is 4. The van der Waals surface area contributed by atoms with Gasteiger partial charge in [-0.05, 0) is 50.6 Å². The van der Waals surface area contributed by atoms with Gasteiger partial charge in [0, 0.05) is 17.5 Å². The van der Waals surface area contributed by atoms with E-state index in [1.807, 2.05) is 4.57 Å². The summed E-state index contributed by atoms with van der Waals surface area (Å²) in [4.78, 5) is 4.83. The molecule has 0 aliphatic carbocycles. The molecule has 1 aliphatic heterocycles. The third-order valence-electron chi connectivity index (χ3n) is 5.19. The molecule has 1 aromatic heterocycles. The van der Waals surface area contributed by atoms with Crippen LogP contribution in [0.1, 0.15) is 50.0 Å². The van der Waals surface area contributed by atoms with E-state index in [9.17, 15) is 12.8 Å². The predicted octanol–water partition coefficient (Wildman–Crippen LogP) is 3.89. The van der Waals surface area contributed by atoms with E-state index in [0.717, 1.165) is 12.2 Å². The van der Waals surface area contributed by atoms with Gasteiger partial charge < -0.3 is 0 Å². The van der Waals surface area contributed by atoms with E-state index in [4.69, 9.17) is 0 Å². The first-order valence-electron chi connectivity index (χ1n) is 9.95. The number of aryl methyl sites for hydroxylation is 1. The first-order valence-corrected chi connectivity index (χ1v) is 11.5. The summed E-state index contributed by atoms with van der Waals surface area (Å²) in [5.41, 5.74) is 2.00. The zero-order valence-electron chi connectivity index (χ0n) is 17.1. The topological polar surface area (TPSA) is 77.2 Å². The summed E-state index contributed by atoms with van der Waals surface area (Å²) in [6, 6.07) is 11.3. The Kier molecular flexibility index (Phi) is 5.27. The average Bonchev–Trinajstić information content (AvgIpc) is 3.04. The number of hydrogen-bond acceptors (Lipinski definition) is 5. The first kappa shape index (κ1) is 20.4. The van der Waals surface area contributed by atoms with Crippen molar-refractivity contribution in [2.75, 3.05) is 0 Å². The maximum Gasteiger partial charge on any atom is 0.180 e. The molecule has 0 atom stereocenters. The summed E-state index contributed by atoms with van der Waals surface area (Å²) >= 11 is 0. The Morgan fingerprint density at radius 2 is 1.87 bits per heavy atom. The Bertz CT molecular complexity index is 1250. The number of rotatable bonds is 5. The van der Waals surface area contributed by atoms with Crippen LogP contribution in [-0.4, -0.2) is 34.1 Å². The number of hydrogen-bond donors (Lipinski definition) is 0. The highest BCUT2D eigenvalue weighted by atomic mass is 32.2. The van der Waals surface area contributed by atoms with Gasteiger partial charge >= 0.3 is 0 Å². The van der Waals surface area contributed by atoms with Crippen molar-refractivity contribution in [2.24, 2.45) is 4.99 Å². The fourth-order valence-corrected chi connectivity index (χ4v) is 4.67. The number of fused-ring (bicyclic) bond motifs is 3. The van der Waals surface area contributed by atoms with Gasteiger partial charge in [-0.3, -0.25) is 9.56 Å². The molecule has 0 spiro atoms. The minimum Gasteiger partial charge on any atom is -0.281 e. The van der Waals surface area contributed by atoms with Gasteiger partial charge in [-0.25, -0.2) is 12.8 Å². The molecule has 0 fully saturated rings. The molecule has 0 saturated heterocycles. The highest BCUT2D eigenvalue weighted by Gasteiger charge is 2.27. The second-order valence-electron chi connectivity index (χ2n) is 7.54. The molecule has 156 valence electrons. The van der Waals surface area contributed by atoms with Crippen molar-refractivity contribution in [2.45, 2.75) is 50.3 Å². The highest BCUT2D eigenvalue weighted by molar-refractivity contribution is 7.92. The second-order valence-corrected chi connectivity index (χ2v) is 10.0. The van der Waals surface area contributed by atoms with Crippen molar-refractivity contribution in [3.63, 3.8) is 0 Å². The van der Waals surface area contributed by atoms with Crippen LogP contribution in [0.3, 0.4) is 0 Å². The van der Waals surface area contributed by atoms with Gasteiger partial charge in [-0.15, -0.1) is 10.2 Å². The Morgan fingerprint density at radius 1 is 1.10 bits per heavy atom.